The smallest absolute Gasteiger partial charge is 0.242 e. The molecule has 3 heterocycles. The number of carbonyl (C=O) groups is 2. The van der Waals surface area contributed by atoms with E-state index in [9.17, 15) is 9.59 Å². The van der Waals surface area contributed by atoms with Crippen LogP contribution in [0.2, 0.25) is 0 Å². The number of rotatable bonds is 6. The van der Waals surface area contributed by atoms with Crippen molar-refractivity contribution in [2.45, 2.75) is 57.6 Å². The molecule has 0 N–H and O–H groups in total. The second-order valence-electron chi connectivity index (χ2n) is 9.24. The molecule has 26 heavy (non-hydrogen) atoms. The molecule has 0 radical (unpaired) electrons. The molecule has 1 aliphatic carbocycles. The number of carbonyl (C=O) groups excluding carboxylic acids is 2. The lowest BCUT2D eigenvalue weighted by atomic mass is 9.89. The number of hydrogen-bond donors (Lipinski definition) is 0. The molecule has 3 aliphatic heterocycles. The molecular weight excluding hydrogens is 330 g/mol. The van der Waals surface area contributed by atoms with Crippen molar-refractivity contribution in [2.75, 3.05) is 45.9 Å². The Hall–Kier alpha value is -1.14. The van der Waals surface area contributed by atoms with E-state index in [1.165, 1.54) is 12.8 Å². The van der Waals surface area contributed by atoms with Gasteiger partial charge in [-0.2, -0.15) is 0 Å². The number of amides is 2. The van der Waals surface area contributed by atoms with Crippen LogP contribution >= 0.6 is 0 Å². The fourth-order valence-corrected chi connectivity index (χ4v) is 4.27. The van der Waals surface area contributed by atoms with Crippen LogP contribution in [0.15, 0.2) is 0 Å². The van der Waals surface area contributed by atoms with Gasteiger partial charge in [0.15, 0.2) is 0 Å². The molecule has 1 unspecified atom stereocenters. The van der Waals surface area contributed by atoms with Gasteiger partial charge in [-0.15, -0.1) is 0 Å². The molecular formula is C20H33N3O3. The zero-order chi connectivity index (χ0) is 18.3. The summed E-state index contributed by atoms with van der Waals surface area (Å²) in [6.45, 7) is 9.77. The van der Waals surface area contributed by atoms with Crippen molar-refractivity contribution < 1.29 is 14.3 Å². The first-order valence-electron chi connectivity index (χ1n) is 10.4. The van der Waals surface area contributed by atoms with Crippen LogP contribution in [0.5, 0.6) is 0 Å². The Bertz CT molecular complexity index is 551. The number of nitrogens with zero attached hydrogens (tertiary/aromatic N) is 3. The zero-order valence-electron chi connectivity index (χ0n) is 16.3. The predicted molar refractivity (Wildman–Crippen MR) is 98.6 cm³/mol. The monoisotopic (exact) mass is 363 g/mol. The SMILES string of the molecule is CC(C)CCC(=O)N1CC2(C1)CN(CC1CC1)C(C(=O)N1CCC1)CO2. The van der Waals surface area contributed by atoms with E-state index in [0.29, 0.717) is 32.0 Å². The van der Waals surface area contributed by atoms with Crippen molar-refractivity contribution in [1.29, 1.82) is 0 Å². The maximum Gasteiger partial charge on any atom is 0.242 e. The van der Waals surface area contributed by atoms with Gasteiger partial charge < -0.3 is 14.5 Å². The topological polar surface area (TPSA) is 53.1 Å². The van der Waals surface area contributed by atoms with Gasteiger partial charge >= 0.3 is 0 Å². The lowest BCUT2D eigenvalue weighted by Crippen LogP contribution is -2.74. The molecule has 0 aromatic carbocycles. The summed E-state index contributed by atoms with van der Waals surface area (Å²) in [5.41, 5.74) is -0.242. The molecule has 1 spiro atoms. The number of morpholine rings is 1. The summed E-state index contributed by atoms with van der Waals surface area (Å²) in [5.74, 6) is 1.81. The van der Waals surface area contributed by atoms with E-state index in [1.807, 2.05) is 9.80 Å². The lowest BCUT2D eigenvalue weighted by molar-refractivity contribution is -0.207. The van der Waals surface area contributed by atoms with Crippen LogP contribution in [0.25, 0.3) is 0 Å². The normalized spacial score (nSPS) is 28.2. The Balaban J connectivity index is 1.33. The van der Waals surface area contributed by atoms with Gasteiger partial charge in [-0.25, -0.2) is 0 Å². The maximum atomic E-state index is 12.8. The Morgan fingerprint density at radius 3 is 2.42 bits per heavy atom. The van der Waals surface area contributed by atoms with Crippen molar-refractivity contribution >= 4 is 11.8 Å². The molecule has 2 amide bonds. The van der Waals surface area contributed by atoms with Gasteiger partial charge in [0.1, 0.15) is 11.6 Å². The van der Waals surface area contributed by atoms with E-state index >= 15 is 0 Å². The summed E-state index contributed by atoms with van der Waals surface area (Å²) in [4.78, 5) is 31.4. The third kappa shape index (κ3) is 3.77. The van der Waals surface area contributed by atoms with Crippen molar-refractivity contribution in [3.63, 3.8) is 0 Å². The van der Waals surface area contributed by atoms with Crippen LogP contribution in [-0.2, 0) is 14.3 Å². The second kappa shape index (κ2) is 7.12. The van der Waals surface area contributed by atoms with E-state index in [-0.39, 0.29) is 23.5 Å². The zero-order valence-corrected chi connectivity index (χ0v) is 16.3. The van der Waals surface area contributed by atoms with Crippen LogP contribution in [-0.4, -0.2) is 84.0 Å². The van der Waals surface area contributed by atoms with Gasteiger partial charge in [-0.1, -0.05) is 13.8 Å². The fourth-order valence-electron chi connectivity index (χ4n) is 4.27. The fraction of sp³-hybridized carbons (Fsp3) is 0.900. The first-order valence-corrected chi connectivity index (χ1v) is 10.4. The Morgan fingerprint density at radius 2 is 1.85 bits per heavy atom. The van der Waals surface area contributed by atoms with Gasteiger partial charge in [0.2, 0.25) is 11.8 Å². The molecule has 4 aliphatic rings. The van der Waals surface area contributed by atoms with E-state index < -0.39 is 0 Å². The Labute approximate surface area is 156 Å². The minimum Gasteiger partial charge on any atom is -0.368 e. The van der Waals surface area contributed by atoms with Gasteiger partial charge in [0.05, 0.1) is 19.7 Å². The molecule has 0 aromatic heterocycles. The Kier molecular flexibility index (Phi) is 4.99. The highest BCUT2D eigenvalue weighted by Gasteiger charge is 2.52. The van der Waals surface area contributed by atoms with Crippen molar-refractivity contribution in [2.24, 2.45) is 11.8 Å². The van der Waals surface area contributed by atoms with Crippen molar-refractivity contribution in [1.82, 2.24) is 14.7 Å². The maximum absolute atomic E-state index is 12.8. The molecule has 3 saturated heterocycles. The van der Waals surface area contributed by atoms with Crippen molar-refractivity contribution in [3.05, 3.63) is 0 Å². The molecule has 4 rings (SSSR count). The van der Waals surface area contributed by atoms with E-state index in [1.54, 1.807) is 0 Å². The molecule has 0 aromatic rings. The van der Waals surface area contributed by atoms with Gasteiger partial charge in [0.25, 0.3) is 0 Å². The molecule has 146 valence electrons. The summed E-state index contributed by atoms with van der Waals surface area (Å²) in [6, 6.07) is -0.118. The van der Waals surface area contributed by atoms with Gasteiger partial charge in [-0.05, 0) is 37.5 Å². The number of ether oxygens (including phenoxy) is 1. The Morgan fingerprint density at radius 1 is 1.12 bits per heavy atom. The largest absolute Gasteiger partial charge is 0.368 e. The number of hydrogen-bond acceptors (Lipinski definition) is 4. The average Bonchev–Trinajstić information content (AvgIpc) is 3.32. The van der Waals surface area contributed by atoms with Crippen LogP contribution in [0.4, 0.5) is 0 Å². The van der Waals surface area contributed by atoms with Crippen LogP contribution in [0.3, 0.4) is 0 Å². The van der Waals surface area contributed by atoms with Crippen LogP contribution < -0.4 is 0 Å². The summed E-state index contributed by atoms with van der Waals surface area (Å²) < 4.78 is 6.21. The van der Waals surface area contributed by atoms with E-state index in [2.05, 4.69) is 18.7 Å². The van der Waals surface area contributed by atoms with Crippen LogP contribution in [0, 0.1) is 11.8 Å². The molecule has 6 nitrogen and oxygen atoms in total. The number of likely N-dealkylation sites (tertiary alicyclic amines) is 2. The second-order valence-corrected chi connectivity index (χ2v) is 9.24. The third-order valence-electron chi connectivity index (χ3n) is 6.37. The van der Waals surface area contributed by atoms with Gasteiger partial charge in [-0.3, -0.25) is 14.5 Å². The van der Waals surface area contributed by atoms with E-state index in [4.69, 9.17) is 4.74 Å². The van der Waals surface area contributed by atoms with E-state index in [0.717, 1.165) is 44.9 Å². The summed E-state index contributed by atoms with van der Waals surface area (Å²) in [5, 5.41) is 0. The highest BCUT2D eigenvalue weighted by Crippen LogP contribution is 2.36. The molecule has 1 atom stereocenters. The third-order valence-corrected chi connectivity index (χ3v) is 6.37. The highest BCUT2D eigenvalue weighted by atomic mass is 16.5. The van der Waals surface area contributed by atoms with Gasteiger partial charge in [0, 0.05) is 32.6 Å². The average molecular weight is 364 g/mol. The first-order chi connectivity index (χ1) is 12.5. The molecule has 4 fully saturated rings. The molecule has 6 heteroatoms. The summed E-state index contributed by atoms with van der Waals surface area (Å²) >= 11 is 0. The van der Waals surface area contributed by atoms with Crippen LogP contribution in [0.1, 0.15) is 46.0 Å². The predicted octanol–water partition coefficient (Wildman–Crippen LogP) is 1.35. The lowest BCUT2D eigenvalue weighted by Gasteiger charge is -2.56. The summed E-state index contributed by atoms with van der Waals surface area (Å²) in [7, 11) is 0. The van der Waals surface area contributed by atoms with Crippen molar-refractivity contribution in [3.8, 4) is 0 Å². The molecule has 0 bridgehead atoms. The quantitative estimate of drug-likeness (QED) is 0.715. The minimum absolute atomic E-state index is 0.118. The minimum atomic E-state index is -0.242. The standard InChI is InChI=1S/C20H33N3O3/c1-15(2)4-7-18(24)23-13-20(14-23)12-22(10-16-5-6-16)17(11-26-20)19(25)21-8-3-9-21/h15-17H,3-14H2,1-2H3. The highest BCUT2D eigenvalue weighted by molar-refractivity contribution is 5.83. The first kappa shape index (κ1) is 18.2. The molecule has 1 saturated carbocycles. The summed E-state index contributed by atoms with van der Waals surface area (Å²) in [6.07, 6.45) is 5.28.